The fourth-order valence-electron chi connectivity index (χ4n) is 2.83. The number of hydrogen-bond donors (Lipinski definition) is 3. The minimum absolute atomic E-state index is 0.0185. The molecule has 2 aromatic carbocycles. The van der Waals surface area contributed by atoms with Crippen LogP contribution in [-0.2, 0) is 4.79 Å². The third kappa shape index (κ3) is 8.96. The van der Waals surface area contributed by atoms with Gasteiger partial charge >= 0.3 is 0 Å². The summed E-state index contributed by atoms with van der Waals surface area (Å²) < 4.78 is 6.54. The summed E-state index contributed by atoms with van der Waals surface area (Å²) in [6.07, 6.45) is 3.47. The van der Waals surface area contributed by atoms with Gasteiger partial charge in [-0.3, -0.25) is 14.9 Å². The van der Waals surface area contributed by atoms with E-state index >= 15 is 0 Å². The quantitative estimate of drug-likeness (QED) is 0.260. The van der Waals surface area contributed by atoms with Gasteiger partial charge in [-0.05, 0) is 61.0 Å². The van der Waals surface area contributed by atoms with E-state index in [1.807, 2.05) is 32.0 Å². The lowest BCUT2D eigenvalue weighted by Gasteiger charge is -2.15. The van der Waals surface area contributed by atoms with Crippen LogP contribution >= 0.6 is 28.1 Å². The summed E-state index contributed by atoms with van der Waals surface area (Å²) in [7, 11) is 0. The maximum Gasteiger partial charge on any atom is 0.261 e. The number of ether oxygens (including phenoxy) is 1. The van der Waals surface area contributed by atoms with Gasteiger partial charge in [0.05, 0.1) is 12.2 Å². The van der Waals surface area contributed by atoms with E-state index in [2.05, 4.69) is 38.8 Å². The van der Waals surface area contributed by atoms with E-state index in [-0.39, 0.29) is 16.9 Å². The fourth-order valence-corrected chi connectivity index (χ4v) is 3.40. The molecule has 0 radical (unpaired) electrons. The molecule has 0 aliphatic rings. The van der Waals surface area contributed by atoms with E-state index in [4.69, 9.17) is 17.0 Å². The van der Waals surface area contributed by atoms with Crippen LogP contribution in [0.1, 0.15) is 56.8 Å². The number of carbonyl (C=O) groups excluding carboxylic acids is 2. The van der Waals surface area contributed by atoms with E-state index < -0.39 is 0 Å². The second kappa shape index (κ2) is 13.2. The first-order valence-corrected chi connectivity index (χ1v) is 11.9. The number of carbonyl (C=O) groups is 2. The summed E-state index contributed by atoms with van der Waals surface area (Å²) in [5.41, 5.74) is 1.71. The minimum atomic E-state index is -0.372. The summed E-state index contributed by atoms with van der Waals surface area (Å²) in [4.78, 5) is 24.9. The number of benzene rings is 2. The van der Waals surface area contributed by atoms with Crippen molar-refractivity contribution in [2.45, 2.75) is 46.5 Å². The molecule has 3 N–H and O–H groups in total. The monoisotopic (exact) mass is 519 g/mol. The smallest absolute Gasteiger partial charge is 0.261 e. The van der Waals surface area contributed by atoms with Gasteiger partial charge in [0, 0.05) is 22.3 Å². The van der Waals surface area contributed by atoms with Crippen LogP contribution in [0.4, 0.5) is 11.4 Å². The van der Waals surface area contributed by atoms with Crippen molar-refractivity contribution >= 4 is 56.4 Å². The zero-order valence-corrected chi connectivity index (χ0v) is 21.1. The standard InChI is InChI=1S/C24H30BrN3O3S/c1-4-5-6-10-22(29)26-18-8-7-9-19(14-18)27-24(32)28-23(30)20-13-17(25)11-12-21(20)31-15-16(2)3/h7-9,11-14,16H,4-6,10,15H2,1-3H3,(H,26,29)(H2,27,28,30,32). The number of thiocarbonyl (C=S) groups is 1. The molecule has 8 heteroatoms. The van der Waals surface area contributed by atoms with Crippen LogP contribution in [0.5, 0.6) is 5.75 Å². The Morgan fingerprint density at radius 3 is 2.47 bits per heavy atom. The van der Waals surface area contributed by atoms with Gasteiger partial charge < -0.3 is 15.4 Å². The van der Waals surface area contributed by atoms with Crippen LogP contribution in [0, 0.1) is 5.92 Å². The molecule has 0 spiro atoms. The number of hydrogen-bond acceptors (Lipinski definition) is 4. The largest absolute Gasteiger partial charge is 0.492 e. The normalized spacial score (nSPS) is 10.5. The molecule has 0 bridgehead atoms. The van der Waals surface area contributed by atoms with Gasteiger partial charge in [0.1, 0.15) is 5.75 Å². The number of unbranched alkanes of at least 4 members (excludes halogenated alkanes) is 2. The Labute approximate surface area is 203 Å². The molecule has 0 unspecified atom stereocenters. The highest BCUT2D eigenvalue weighted by Gasteiger charge is 2.15. The van der Waals surface area contributed by atoms with Crippen molar-refractivity contribution in [1.82, 2.24) is 5.32 Å². The Balaban J connectivity index is 1.99. The molecule has 0 aliphatic carbocycles. The molecule has 32 heavy (non-hydrogen) atoms. The molecule has 2 aromatic rings. The van der Waals surface area contributed by atoms with Gasteiger partial charge in [-0.15, -0.1) is 0 Å². The van der Waals surface area contributed by atoms with Crippen LogP contribution in [0.3, 0.4) is 0 Å². The molecule has 0 heterocycles. The first-order valence-electron chi connectivity index (χ1n) is 10.7. The molecule has 6 nitrogen and oxygen atoms in total. The number of anilines is 2. The molecule has 2 rings (SSSR count). The maximum atomic E-state index is 12.8. The van der Waals surface area contributed by atoms with Crippen molar-refractivity contribution in [2.24, 2.45) is 5.92 Å². The molecular formula is C24H30BrN3O3S. The van der Waals surface area contributed by atoms with Crippen LogP contribution < -0.4 is 20.7 Å². The topological polar surface area (TPSA) is 79.5 Å². The Morgan fingerprint density at radius 1 is 1.06 bits per heavy atom. The predicted molar refractivity (Wildman–Crippen MR) is 137 cm³/mol. The summed E-state index contributed by atoms with van der Waals surface area (Å²) >= 11 is 8.71. The van der Waals surface area contributed by atoms with Crippen LogP contribution in [0.25, 0.3) is 0 Å². The van der Waals surface area contributed by atoms with Gasteiger partial charge in [-0.1, -0.05) is 55.6 Å². The van der Waals surface area contributed by atoms with E-state index in [0.29, 0.717) is 41.6 Å². The van der Waals surface area contributed by atoms with Crippen molar-refractivity contribution < 1.29 is 14.3 Å². The van der Waals surface area contributed by atoms with Crippen molar-refractivity contribution in [3.05, 3.63) is 52.5 Å². The Hall–Kier alpha value is -2.45. The maximum absolute atomic E-state index is 12.8. The average molecular weight is 520 g/mol. The fraction of sp³-hybridized carbons (Fsp3) is 0.375. The molecule has 0 atom stereocenters. The van der Waals surface area contributed by atoms with Crippen molar-refractivity contribution in [3.63, 3.8) is 0 Å². The minimum Gasteiger partial charge on any atom is -0.492 e. The number of amides is 2. The first kappa shape index (κ1) is 25.8. The highest BCUT2D eigenvalue weighted by Crippen LogP contribution is 2.24. The molecule has 0 aromatic heterocycles. The van der Waals surface area contributed by atoms with Crippen LogP contribution in [0.15, 0.2) is 46.9 Å². The summed E-state index contributed by atoms with van der Waals surface area (Å²) in [5.74, 6) is 0.435. The molecule has 0 saturated carbocycles. The summed E-state index contributed by atoms with van der Waals surface area (Å²) in [6, 6.07) is 12.5. The number of nitrogens with one attached hydrogen (secondary N) is 3. The van der Waals surface area contributed by atoms with E-state index in [1.165, 1.54) is 0 Å². The Bertz CT molecular complexity index is 950. The third-order valence-corrected chi connectivity index (χ3v) is 5.09. The number of halogens is 1. The van der Waals surface area contributed by atoms with E-state index in [1.54, 1.807) is 24.3 Å². The van der Waals surface area contributed by atoms with Crippen molar-refractivity contribution in [3.8, 4) is 5.75 Å². The SMILES string of the molecule is CCCCCC(=O)Nc1cccc(NC(=S)NC(=O)c2cc(Br)ccc2OCC(C)C)c1. The molecular weight excluding hydrogens is 490 g/mol. The molecule has 2 amide bonds. The van der Waals surface area contributed by atoms with Gasteiger partial charge in [-0.25, -0.2) is 0 Å². The lowest BCUT2D eigenvalue weighted by atomic mass is 10.2. The van der Waals surface area contributed by atoms with Gasteiger partial charge in [-0.2, -0.15) is 0 Å². The number of rotatable bonds is 10. The lowest BCUT2D eigenvalue weighted by molar-refractivity contribution is -0.116. The van der Waals surface area contributed by atoms with Crippen molar-refractivity contribution in [2.75, 3.05) is 17.2 Å². The van der Waals surface area contributed by atoms with Crippen LogP contribution in [0.2, 0.25) is 0 Å². The average Bonchev–Trinajstić information content (AvgIpc) is 2.73. The van der Waals surface area contributed by atoms with Crippen molar-refractivity contribution in [1.29, 1.82) is 0 Å². The van der Waals surface area contributed by atoms with E-state index in [9.17, 15) is 9.59 Å². The summed E-state index contributed by atoms with van der Waals surface area (Å²) in [6.45, 7) is 6.69. The third-order valence-electron chi connectivity index (χ3n) is 4.40. The predicted octanol–water partition coefficient (Wildman–Crippen LogP) is 6.13. The Kier molecular flexibility index (Phi) is 10.6. The van der Waals surface area contributed by atoms with Gasteiger partial charge in [0.25, 0.3) is 5.91 Å². The highest BCUT2D eigenvalue weighted by atomic mass is 79.9. The zero-order chi connectivity index (χ0) is 23.5. The van der Waals surface area contributed by atoms with Gasteiger partial charge in [0.2, 0.25) is 5.91 Å². The second-order valence-corrected chi connectivity index (χ2v) is 9.16. The zero-order valence-electron chi connectivity index (χ0n) is 18.7. The lowest BCUT2D eigenvalue weighted by Crippen LogP contribution is -2.34. The first-order chi connectivity index (χ1) is 15.3. The molecule has 0 saturated heterocycles. The highest BCUT2D eigenvalue weighted by molar-refractivity contribution is 9.10. The van der Waals surface area contributed by atoms with Gasteiger partial charge in [0.15, 0.2) is 5.11 Å². The molecule has 0 fully saturated rings. The van der Waals surface area contributed by atoms with Crippen LogP contribution in [-0.4, -0.2) is 23.5 Å². The molecule has 172 valence electrons. The Morgan fingerprint density at radius 2 is 1.78 bits per heavy atom. The van der Waals surface area contributed by atoms with E-state index in [0.717, 1.165) is 23.7 Å². The summed E-state index contributed by atoms with van der Waals surface area (Å²) in [5, 5.41) is 8.71. The second-order valence-electron chi connectivity index (χ2n) is 7.84. The molecule has 0 aliphatic heterocycles.